The number of carbonyl (C=O) groups is 1. The first-order valence-electron chi connectivity index (χ1n) is 13.2. The zero-order valence-corrected chi connectivity index (χ0v) is 21.6. The van der Waals surface area contributed by atoms with Gasteiger partial charge in [0, 0.05) is 36.5 Å². The molecule has 0 saturated heterocycles. The molecule has 4 rings (SSSR count). The van der Waals surface area contributed by atoms with Gasteiger partial charge in [-0.3, -0.25) is 4.79 Å². The van der Waals surface area contributed by atoms with Crippen LogP contribution in [-0.2, 0) is 12.6 Å². The lowest BCUT2D eigenvalue weighted by molar-refractivity contribution is -0.137. The SMILES string of the molecule is CCc1c(OC)ccnc1NCCNCCC1CCC2(CC1)C[C@@H]2NC(=O)c1ccc(C(F)(F)F)cc1. The van der Waals surface area contributed by atoms with Crippen molar-refractivity contribution in [2.24, 2.45) is 11.3 Å². The number of hydrogen-bond donors (Lipinski definition) is 3. The molecule has 1 aromatic heterocycles. The summed E-state index contributed by atoms with van der Waals surface area (Å²) in [6, 6.07) is 6.44. The highest BCUT2D eigenvalue weighted by Crippen LogP contribution is 2.57. The molecule has 0 radical (unpaired) electrons. The van der Waals surface area contributed by atoms with E-state index in [-0.39, 0.29) is 22.9 Å². The molecule has 2 fully saturated rings. The van der Waals surface area contributed by atoms with Crippen LogP contribution < -0.4 is 20.7 Å². The monoisotopic (exact) mass is 518 g/mol. The molecule has 0 unspecified atom stereocenters. The van der Waals surface area contributed by atoms with Crippen LogP contribution in [-0.4, -0.2) is 43.7 Å². The fourth-order valence-electron chi connectivity index (χ4n) is 5.56. The number of hydrogen-bond acceptors (Lipinski definition) is 5. The van der Waals surface area contributed by atoms with Gasteiger partial charge in [0.15, 0.2) is 0 Å². The Morgan fingerprint density at radius 2 is 1.84 bits per heavy atom. The summed E-state index contributed by atoms with van der Waals surface area (Å²) in [6.45, 7) is 4.71. The van der Waals surface area contributed by atoms with Crippen LogP contribution >= 0.6 is 0 Å². The zero-order chi connectivity index (χ0) is 26.5. The topological polar surface area (TPSA) is 75.3 Å². The number of ether oxygens (including phenoxy) is 1. The van der Waals surface area contributed by atoms with Crippen molar-refractivity contribution in [1.82, 2.24) is 15.6 Å². The van der Waals surface area contributed by atoms with Crippen molar-refractivity contribution in [3.05, 3.63) is 53.2 Å². The highest BCUT2D eigenvalue weighted by Gasteiger charge is 2.55. The molecular formula is C28H37F3N4O2. The van der Waals surface area contributed by atoms with Crippen LogP contribution in [0.3, 0.4) is 0 Å². The lowest BCUT2D eigenvalue weighted by Gasteiger charge is -2.29. The number of pyridine rings is 1. The molecule has 2 aromatic rings. The zero-order valence-electron chi connectivity index (χ0n) is 21.6. The fraction of sp³-hybridized carbons (Fsp3) is 0.571. The van der Waals surface area contributed by atoms with Gasteiger partial charge in [0.2, 0.25) is 0 Å². The van der Waals surface area contributed by atoms with Gasteiger partial charge in [-0.2, -0.15) is 13.2 Å². The number of nitrogens with one attached hydrogen (secondary N) is 3. The molecule has 1 spiro atoms. The van der Waals surface area contributed by atoms with E-state index in [0.717, 1.165) is 93.8 Å². The number of nitrogens with zero attached hydrogens (tertiary/aromatic N) is 1. The third-order valence-corrected chi connectivity index (χ3v) is 7.98. The molecule has 1 heterocycles. The number of methoxy groups -OCH3 is 1. The van der Waals surface area contributed by atoms with Gasteiger partial charge in [-0.25, -0.2) is 4.98 Å². The van der Waals surface area contributed by atoms with Gasteiger partial charge in [0.05, 0.1) is 12.7 Å². The molecule has 2 aliphatic rings. The van der Waals surface area contributed by atoms with Gasteiger partial charge in [-0.05, 0) is 93.2 Å². The number of aromatic nitrogens is 1. The Morgan fingerprint density at radius 3 is 2.49 bits per heavy atom. The smallest absolute Gasteiger partial charge is 0.416 e. The van der Waals surface area contributed by atoms with E-state index < -0.39 is 11.7 Å². The number of amides is 1. The van der Waals surface area contributed by atoms with Gasteiger partial charge >= 0.3 is 6.18 Å². The lowest BCUT2D eigenvalue weighted by Crippen LogP contribution is -2.32. The number of anilines is 1. The Morgan fingerprint density at radius 1 is 1.11 bits per heavy atom. The van der Waals surface area contributed by atoms with Gasteiger partial charge in [0.1, 0.15) is 11.6 Å². The standard InChI is InChI=1S/C28H37F3N4O2/c1-3-22-23(37-2)11-15-33-25(22)34-17-16-32-14-10-19-8-12-27(13-9-19)18-24(27)35-26(36)20-4-6-21(7-5-20)28(29,30)31/h4-7,11,15,19,24,32H,3,8-10,12-14,16-18H2,1-2H3,(H,33,34)(H,35,36)/t19?,24-,27?/m0/s1. The van der Waals surface area contributed by atoms with Crippen molar-refractivity contribution in [1.29, 1.82) is 0 Å². The summed E-state index contributed by atoms with van der Waals surface area (Å²) in [4.78, 5) is 17.0. The van der Waals surface area contributed by atoms with Crippen LogP contribution in [0.25, 0.3) is 0 Å². The van der Waals surface area contributed by atoms with Crippen LogP contribution in [0.1, 0.15) is 66.9 Å². The van der Waals surface area contributed by atoms with Crippen LogP contribution in [0.2, 0.25) is 0 Å². The molecule has 1 atom stereocenters. The predicted molar refractivity (Wildman–Crippen MR) is 138 cm³/mol. The maximum absolute atomic E-state index is 12.7. The fourth-order valence-corrected chi connectivity index (χ4v) is 5.56. The van der Waals surface area contributed by atoms with E-state index in [9.17, 15) is 18.0 Å². The molecule has 37 heavy (non-hydrogen) atoms. The number of carbonyl (C=O) groups excluding carboxylic acids is 1. The summed E-state index contributed by atoms with van der Waals surface area (Å²) < 4.78 is 43.6. The third-order valence-electron chi connectivity index (χ3n) is 7.98. The molecule has 0 aliphatic heterocycles. The van der Waals surface area contributed by atoms with E-state index in [1.807, 2.05) is 6.07 Å². The minimum absolute atomic E-state index is 0.130. The summed E-state index contributed by atoms with van der Waals surface area (Å²) >= 11 is 0. The molecule has 2 aliphatic carbocycles. The molecule has 3 N–H and O–H groups in total. The summed E-state index contributed by atoms with van der Waals surface area (Å²) in [5.74, 6) is 2.14. The number of benzene rings is 1. The van der Waals surface area contributed by atoms with Crippen LogP contribution in [0, 0.1) is 11.3 Å². The van der Waals surface area contributed by atoms with E-state index in [1.165, 1.54) is 12.1 Å². The first-order valence-corrected chi connectivity index (χ1v) is 13.2. The maximum Gasteiger partial charge on any atom is 0.416 e. The highest BCUT2D eigenvalue weighted by atomic mass is 19.4. The highest BCUT2D eigenvalue weighted by molar-refractivity contribution is 5.94. The van der Waals surface area contributed by atoms with E-state index >= 15 is 0 Å². The van der Waals surface area contributed by atoms with Crippen molar-refractivity contribution < 1.29 is 22.7 Å². The molecule has 0 bridgehead atoms. The lowest BCUT2D eigenvalue weighted by atomic mass is 9.78. The molecule has 1 amide bonds. The molecule has 6 nitrogen and oxygen atoms in total. The second-order valence-electron chi connectivity index (χ2n) is 10.3. The molecule has 202 valence electrons. The summed E-state index contributed by atoms with van der Waals surface area (Å²) in [6.07, 6.45) is 4.82. The van der Waals surface area contributed by atoms with Crippen molar-refractivity contribution in [2.75, 3.05) is 32.1 Å². The number of alkyl halides is 3. The number of rotatable bonds is 11. The van der Waals surface area contributed by atoms with Gasteiger partial charge < -0.3 is 20.7 Å². The maximum atomic E-state index is 12.7. The summed E-state index contributed by atoms with van der Waals surface area (Å²) in [5, 5.41) is 9.97. The van der Waals surface area contributed by atoms with Gasteiger partial charge in [-0.15, -0.1) is 0 Å². The Kier molecular flexibility index (Phi) is 8.62. The quantitative estimate of drug-likeness (QED) is 0.346. The van der Waals surface area contributed by atoms with E-state index in [2.05, 4.69) is 27.9 Å². The van der Waals surface area contributed by atoms with Crippen LogP contribution in [0.5, 0.6) is 5.75 Å². The Balaban J connectivity index is 1.11. The molecule has 1 aromatic carbocycles. The summed E-state index contributed by atoms with van der Waals surface area (Å²) in [7, 11) is 1.68. The average molecular weight is 519 g/mol. The minimum Gasteiger partial charge on any atom is -0.496 e. The van der Waals surface area contributed by atoms with Crippen molar-refractivity contribution >= 4 is 11.7 Å². The molecular weight excluding hydrogens is 481 g/mol. The van der Waals surface area contributed by atoms with Crippen molar-refractivity contribution in [3.8, 4) is 5.75 Å². The normalized spacial score (nSPS) is 23.1. The van der Waals surface area contributed by atoms with Crippen molar-refractivity contribution in [2.45, 2.75) is 64.1 Å². The van der Waals surface area contributed by atoms with Gasteiger partial charge in [0.25, 0.3) is 5.91 Å². The third kappa shape index (κ3) is 6.74. The largest absolute Gasteiger partial charge is 0.496 e. The first-order chi connectivity index (χ1) is 17.8. The van der Waals surface area contributed by atoms with E-state index in [0.29, 0.717) is 5.92 Å². The van der Waals surface area contributed by atoms with Crippen LogP contribution in [0.4, 0.5) is 19.0 Å². The second-order valence-corrected chi connectivity index (χ2v) is 10.3. The molecule has 2 saturated carbocycles. The van der Waals surface area contributed by atoms with E-state index in [4.69, 9.17) is 4.74 Å². The Hall–Kier alpha value is -2.81. The predicted octanol–water partition coefficient (Wildman–Crippen LogP) is 5.44. The Labute approximate surface area is 216 Å². The average Bonchev–Trinajstić information content (AvgIpc) is 3.56. The van der Waals surface area contributed by atoms with Crippen LogP contribution in [0.15, 0.2) is 36.5 Å². The van der Waals surface area contributed by atoms with Crippen molar-refractivity contribution in [3.63, 3.8) is 0 Å². The minimum atomic E-state index is -4.40. The van der Waals surface area contributed by atoms with E-state index in [1.54, 1.807) is 13.3 Å². The second kappa shape index (κ2) is 11.7. The Bertz CT molecular complexity index is 1050. The van der Waals surface area contributed by atoms with Gasteiger partial charge in [-0.1, -0.05) is 6.92 Å². The molecule has 9 heteroatoms. The first kappa shape index (κ1) is 27.2. The summed E-state index contributed by atoms with van der Waals surface area (Å²) in [5.41, 5.74) is 0.804. The number of halogens is 3.